The number of aryl methyl sites for hydroxylation is 1. The smallest absolute Gasteiger partial charge is 0.142 e. The fourth-order valence-corrected chi connectivity index (χ4v) is 1.79. The number of rotatable bonds is 2. The summed E-state index contributed by atoms with van der Waals surface area (Å²) in [6.07, 6.45) is 0. The van der Waals surface area contributed by atoms with Gasteiger partial charge in [0.25, 0.3) is 0 Å². The number of hydrogen-bond acceptors (Lipinski definition) is 1. The maximum Gasteiger partial charge on any atom is 0.142 e. The molecule has 3 nitrogen and oxygen atoms in total. The van der Waals surface area contributed by atoms with E-state index < -0.39 is 0 Å². The van der Waals surface area contributed by atoms with E-state index in [2.05, 4.69) is 27.8 Å². The molecular formula is C12H16ClN3. The van der Waals surface area contributed by atoms with E-state index in [1.807, 2.05) is 26.1 Å². The van der Waals surface area contributed by atoms with Crippen LogP contribution in [0.3, 0.4) is 0 Å². The number of fused-ring (bicyclic) bond motifs is 1. The maximum absolute atomic E-state index is 5.90. The van der Waals surface area contributed by atoms with E-state index in [1.165, 1.54) is 10.9 Å². The fraction of sp³-hybridized carbons (Fsp3) is 0.250. The van der Waals surface area contributed by atoms with Gasteiger partial charge in [0.15, 0.2) is 0 Å². The first-order valence-electron chi connectivity index (χ1n) is 5.08. The van der Waals surface area contributed by atoms with Crippen molar-refractivity contribution in [2.24, 2.45) is 17.8 Å². The molecule has 0 saturated heterocycles. The van der Waals surface area contributed by atoms with Crippen LogP contribution in [0.5, 0.6) is 0 Å². The summed E-state index contributed by atoms with van der Waals surface area (Å²) >= 11 is 0. The van der Waals surface area contributed by atoms with Gasteiger partial charge in [-0.2, -0.15) is 0 Å². The van der Waals surface area contributed by atoms with Crippen LogP contribution in [0.2, 0.25) is 0 Å². The van der Waals surface area contributed by atoms with Crippen molar-refractivity contribution < 1.29 is 0 Å². The predicted octanol–water partition coefficient (Wildman–Crippen LogP) is 2.33. The second-order valence-corrected chi connectivity index (χ2v) is 3.51. The minimum atomic E-state index is 0. The predicted molar refractivity (Wildman–Crippen MR) is 71.4 cm³/mol. The Morgan fingerprint density at radius 2 is 2.06 bits per heavy atom. The third-order valence-electron chi connectivity index (χ3n) is 2.54. The van der Waals surface area contributed by atoms with Crippen LogP contribution in [-0.2, 0) is 7.05 Å². The molecule has 2 N–H and O–H groups in total. The summed E-state index contributed by atoms with van der Waals surface area (Å²) in [7, 11) is 2.01. The lowest BCUT2D eigenvalue weighted by atomic mass is 10.2. The van der Waals surface area contributed by atoms with Gasteiger partial charge in [-0.05, 0) is 19.1 Å². The lowest BCUT2D eigenvalue weighted by Crippen LogP contribution is -2.17. The molecule has 1 aromatic carbocycles. The maximum atomic E-state index is 5.90. The summed E-state index contributed by atoms with van der Waals surface area (Å²) in [6, 6.07) is 10.3. The average molecular weight is 238 g/mol. The Morgan fingerprint density at radius 1 is 1.38 bits per heavy atom. The van der Waals surface area contributed by atoms with Crippen molar-refractivity contribution in [3.8, 4) is 0 Å². The summed E-state index contributed by atoms with van der Waals surface area (Å²) in [6.45, 7) is 2.70. The summed E-state index contributed by atoms with van der Waals surface area (Å²) < 4.78 is 2.07. The van der Waals surface area contributed by atoms with Gasteiger partial charge in [0.1, 0.15) is 5.84 Å². The van der Waals surface area contributed by atoms with Gasteiger partial charge in [0, 0.05) is 24.5 Å². The van der Waals surface area contributed by atoms with Crippen LogP contribution >= 0.6 is 12.4 Å². The first-order chi connectivity index (χ1) is 7.24. The van der Waals surface area contributed by atoms with Crippen molar-refractivity contribution >= 4 is 29.1 Å². The summed E-state index contributed by atoms with van der Waals surface area (Å²) in [4.78, 5) is 4.22. The molecule has 0 aliphatic heterocycles. The van der Waals surface area contributed by atoms with Gasteiger partial charge in [0.2, 0.25) is 0 Å². The van der Waals surface area contributed by atoms with Crippen molar-refractivity contribution in [2.75, 3.05) is 6.54 Å². The van der Waals surface area contributed by atoms with Gasteiger partial charge in [-0.1, -0.05) is 18.2 Å². The van der Waals surface area contributed by atoms with E-state index in [4.69, 9.17) is 5.73 Å². The first kappa shape index (κ1) is 12.6. The van der Waals surface area contributed by atoms with E-state index in [9.17, 15) is 0 Å². The minimum absolute atomic E-state index is 0. The minimum Gasteiger partial charge on any atom is -0.382 e. The molecule has 1 heterocycles. The Labute approximate surface area is 101 Å². The molecule has 0 aliphatic carbocycles. The molecule has 86 valence electrons. The second kappa shape index (κ2) is 5.03. The number of aliphatic imine (C=N–C) groups is 1. The van der Waals surface area contributed by atoms with Gasteiger partial charge in [-0.3, -0.25) is 4.99 Å². The number of hydrogen-bond donors (Lipinski definition) is 1. The van der Waals surface area contributed by atoms with E-state index in [0.717, 1.165) is 5.69 Å². The number of amidine groups is 1. The van der Waals surface area contributed by atoms with E-state index in [-0.39, 0.29) is 12.4 Å². The monoisotopic (exact) mass is 237 g/mol. The molecule has 0 spiro atoms. The Bertz CT molecular complexity index is 514. The lowest BCUT2D eigenvalue weighted by molar-refractivity contribution is 0.947. The van der Waals surface area contributed by atoms with Gasteiger partial charge >= 0.3 is 0 Å². The van der Waals surface area contributed by atoms with E-state index in [1.54, 1.807) is 0 Å². The summed E-state index contributed by atoms with van der Waals surface area (Å²) in [5, 5.41) is 1.20. The van der Waals surface area contributed by atoms with Crippen LogP contribution in [0.25, 0.3) is 10.9 Å². The normalized spacial score (nSPS) is 11.5. The zero-order valence-corrected chi connectivity index (χ0v) is 10.3. The van der Waals surface area contributed by atoms with Crippen LogP contribution in [0.15, 0.2) is 35.3 Å². The van der Waals surface area contributed by atoms with E-state index >= 15 is 0 Å². The van der Waals surface area contributed by atoms with Crippen molar-refractivity contribution in [3.63, 3.8) is 0 Å². The quantitative estimate of drug-likeness (QED) is 0.632. The zero-order valence-electron chi connectivity index (χ0n) is 9.47. The summed E-state index contributed by atoms with van der Waals surface area (Å²) in [5.41, 5.74) is 8.07. The highest BCUT2D eigenvalue weighted by molar-refractivity contribution is 6.01. The third kappa shape index (κ3) is 2.04. The largest absolute Gasteiger partial charge is 0.382 e. The fourth-order valence-electron chi connectivity index (χ4n) is 1.79. The average Bonchev–Trinajstić information content (AvgIpc) is 2.57. The zero-order chi connectivity index (χ0) is 10.8. The highest BCUT2D eigenvalue weighted by atomic mass is 35.5. The number of aromatic nitrogens is 1. The van der Waals surface area contributed by atoms with E-state index in [0.29, 0.717) is 12.4 Å². The van der Waals surface area contributed by atoms with Gasteiger partial charge < -0.3 is 10.3 Å². The van der Waals surface area contributed by atoms with Crippen molar-refractivity contribution in [1.29, 1.82) is 0 Å². The van der Waals surface area contributed by atoms with Crippen LogP contribution in [0.1, 0.15) is 12.6 Å². The molecule has 0 atom stereocenters. The van der Waals surface area contributed by atoms with Crippen LogP contribution in [-0.4, -0.2) is 16.9 Å². The molecule has 0 bridgehead atoms. The van der Waals surface area contributed by atoms with Gasteiger partial charge in [0.05, 0.1) is 5.69 Å². The molecule has 0 amide bonds. The molecule has 0 radical (unpaired) electrons. The van der Waals surface area contributed by atoms with Crippen LogP contribution in [0.4, 0.5) is 0 Å². The molecule has 0 saturated carbocycles. The molecule has 2 rings (SSSR count). The molecule has 2 aromatic rings. The number of benzene rings is 1. The topological polar surface area (TPSA) is 43.3 Å². The van der Waals surface area contributed by atoms with Gasteiger partial charge in [-0.25, -0.2) is 0 Å². The first-order valence-corrected chi connectivity index (χ1v) is 5.08. The lowest BCUT2D eigenvalue weighted by Gasteiger charge is -2.02. The Hall–Kier alpha value is -1.48. The SMILES string of the molecule is CCN=C(N)c1cc2ccccc2n1C.Cl. The Balaban J connectivity index is 0.00000128. The number of halogens is 1. The standard InChI is InChI=1S/C12H15N3.ClH/c1-3-14-12(13)11-8-9-6-4-5-7-10(9)15(11)2;/h4-8H,3H2,1-2H3,(H2,13,14);1H. The molecule has 0 unspecified atom stereocenters. The molecular weight excluding hydrogens is 222 g/mol. The highest BCUT2D eigenvalue weighted by Gasteiger charge is 2.07. The summed E-state index contributed by atoms with van der Waals surface area (Å²) in [5.74, 6) is 0.608. The molecule has 16 heavy (non-hydrogen) atoms. The third-order valence-corrected chi connectivity index (χ3v) is 2.54. The number of nitrogens with zero attached hydrogens (tertiary/aromatic N) is 2. The second-order valence-electron chi connectivity index (χ2n) is 3.51. The Kier molecular flexibility index (Phi) is 3.96. The number of nitrogens with two attached hydrogens (primary N) is 1. The molecule has 4 heteroatoms. The van der Waals surface area contributed by atoms with Crippen molar-refractivity contribution in [3.05, 3.63) is 36.0 Å². The van der Waals surface area contributed by atoms with Crippen molar-refractivity contribution in [1.82, 2.24) is 4.57 Å². The molecule has 0 aliphatic rings. The Morgan fingerprint density at radius 3 is 2.69 bits per heavy atom. The van der Waals surface area contributed by atoms with Crippen molar-refractivity contribution in [2.45, 2.75) is 6.92 Å². The number of para-hydroxylation sites is 1. The molecule has 1 aromatic heterocycles. The van der Waals surface area contributed by atoms with Gasteiger partial charge in [-0.15, -0.1) is 12.4 Å². The van der Waals surface area contributed by atoms with Crippen LogP contribution in [0, 0.1) is 0 Å². The molecule has 0 fully saturated rings. The van der Waals surface area contributed by atoms with Crippen LogP contribution < -0.4 is 5.73 Å². The highest BCUT2D eigenvalue weighted by Crippen LogP contribution is 2.17.